The van der Waals surface area contributed by atoms with Gasteiger partial charge in [-0.25, -0.2) is 0 Å². The van der Waals surface area contributed by atoms with Gasteiger partial charge in [-0.1, -0.05) is 60.2 Å². The van der Waals surface area contributed by atoms with Crippen LogP contribution >= 0.6 is 45.2 Å². The molecular weight excluding hydrogens is 596 g/mol. The van der Waals surface area contributed by atoms with Crippen molar-refractivity contribution < 1.29 is 24.9 Å². The maximum absolute atomic E-state index is 9.23. The molecule has 0 aliphatic rings. The molecule has 0 bridgehead atoms. The molecule has 29 heavy (non-hydrogen) atoms. The number of rotatable bonds is 3. The third-order valence-electron chi connectivity index (χ3n) is 3.81. The summed E-state index contributed by atoms with van der Waals surface area (Å²) in [6.45, 7) is 3.92. The third kappa shape index (κ3) is 8.19. The van der Waals surface area contributed by atoms with Gasteiger partial charge >= 0.3 is 14.2 Å². The van der Waals surface area contributed by atoms with Crippen molar-refractivity contribution in [1.29, 1.82) is 0 Å². The zero-order valence-electron chi connectivity index (χ0n) is 15.7. The Kier molecular flexibility index (Phi) is 11.7. The van der Waals surface area contributed by atoms with Gasteiger partial charge in [0.25, 0.3) is 0 Å². The molecule has 0 aliphatic heterocycles. The third-order valence-corrected chi connectivity index (χ3v) is 5.78. The van der Waals surface area contributed by atoms with E-state index >= 15 is 0 Å². The topological polar surface area (TPSA) is 98.0 Å². The van der Waals surface area contributed by atoms with Crippen LogP contribution < -0.4 is 10.9 Å². The van der Waals surface area contributed by atoms with Gasteiger partial charge < -0.3 is 24.9 Å². The van der Waals surface area contributed by atoms with Crippen molar-refractivity contribution in [1.82, 2.24) is 0 Å². The molecule has 0 saturated heterocycles. The van der Waals surface area contributed by atoms with E-state index in [4.69, 9.17) is 14.8 Å². The summed E-state index contributed by atoms with van der Waals surface area (Å²) in [5.41, 5.74) is 4.21. The molecule has 4 N–H and O–H groups in total. The fraction of sp³-hybridized carbons (Fsp3) is 0.0500. The predicted octanol–water partition coefficient (Wildman–Crippen LogP) is 1.73. The summed E-state index contributed by atoms with van der Waals surface area (Å²) < 4.78 is 1.73. The summed E-state index contributed by atoms with van der Waals surface area (Å²) in [6, 6.07) is 21.1. The van der Waals surface area contributed by atoms with E-state index in [1.165, 1.54) is 0 Å². The molecule has 0 saturated carbocycles. The highest BCUT2D eigenvalue weighted by Gasteiger charge is 2.15. The van der Waals surface area contributed by atoms with Gasteiger partial charge in [0.1, 0.15) is 6.79 Å². The molecule has 0 fully saturated rings. The van der Waals surface area contributed by atoms with E-state index in [9.17, 15) is 10.0 Å². The monoisotopic (exact) mass is 616 g/mol. The van der Waals surface area contributed by atoms with Crippen molar-refractivity contribution in [2.45, 2.75) is 6.92 Å². The highest BCUT2D eigenvalue weighted by atomic mass is 127. The molecule has 3 aromatic rings. The molecule has 0 unspecified atom stereocenters. The van der Waals surface area contributed by atoms with E-state index in [2.05, 4.69) is 45.2 Å². The van der Waals surface area contributed by atoms with E-state index in [0.29, 0.717) is 10.9 Å². The molecule has 5 nitrogen and oxygen atoms in total. The average Bonchev–Trinajstić information content (AvgIpc) is 2.72. The Morgan fingerprint density at radius 1 is 0.690 bits per heavy atom. The zero-order chi connectivity index (χ0) is 22.0. The van der Waals surface area contributed by atoms with Gasteiger partial charge in [0, 0.05) is 7.14 Å². The first-order valence-electron chi connectivity index (χ1n) is 8.41. The first-order chi connectivity index (χ1) is 13.8. The van der Waals surface area contributed by atoms with Gasteiger partial charge in [0.2, 0.25) is 0 Å². The maximum Gasteiger partial charge on any atom is 0.489 e. The smallest absolute Gasteiger partial charge is 0.423 e. The first-order valence-corrected chi connectivity index (χ1v) is 10.6. The predicted molar refractivity (Wildman–Crippen MR) is 135 cm³/mol. The minimum absolute atomic E-state index is 0.543. The lowest BCUT2D eigenvalue weighted by molar-refractivity contribution is -0.0980. The van der Waals surface area contributed by atoms with Crippen molar-refractivity contribution in [3.05, 3.63) is 79.4 Å². The van der Waals surface area contributed by atoms with Crippen LogP contribution in [0.2, 0.25) is 0 Å². The van der Waals surface area contributed by atoms with Crippen molar-refractivity contribution in [2.24, 2.45) is 0 Å². The quantitative estimate of drug-likeness (QED) is 0.266. The van der Waals surface area contributed by atoms with E-state index in [0.717, 1.165) is 23.8 Å². The van der Waals surface area contributed by atoms with E-state index in [-0.39, 0.29) is 0 Å². The molecule has 3 aromatic carbocycles. The Morgan fingerprint density at radius 3 is 1.66 bits per heavy atom. The fourth-order valence-corrected chi connectivity index (χ4v) is 3.64. The Morgan fingerprint density at radius 2 is 1.17 bits per heavy atom. The van der Waals surface area contributed by atoms with Gasteiger partial charge in [0.15, 0.2) is 0 Å². The first kappa shape index (κ1) is 25.8. The summed E-state index contributed by atoms with van der Waals surface area (Å²) in [6.07, 6.45) is 0. The molecule has 0 amide bonds. The summed E-state index contributed by atoms with van der Waals surface area (Å²) in [4.78, 5) is 8.00. The lowest BCUT2D eigenvalue weighted by Crippen LogP contribution is -2.32. The number of carbonyl (C=O) groups is 1. The Hall–Kier alpha value is -1.24. The summed E-state index contributed by atoms with van der Waals surface area (Å²) >= 11 is 4.16. The van der Waals surface area contributed by atoms with Crippen molar-refractivity contribution in [2.75, 3.05) is 0 Å². The second-order valence-corrected chi connectivity index (χ2v) is 8.20. The SMILES string of the molecule is C=O.Cc1ccc(I)c(B(O)O)c1.OB(O)c1cc(-c2ccccc2)ccc1I. The average molecular weight is 616 g/mol. The van der Waals surface area contributed by atoms with Crippen molar-refractivity contribution in [3.8, 4) is 11.1 Å². The molecular formula is C20H20B2I2O5. The Bertz CT molecular complexity index is 909. The summed E-state index contributed by atoms with van der Waals surface area (Å²) in [5, 5.41) is 36.2. The standard InChI is InChI=1S/C12H10BIO2.C7H8BIO2.CH2O/c14-12-7-6-10(8-11(12)13(15)16)9-4-2-1-3-5-9;1-5-2-3-7(9)6(4-5)8(10)11;1-2/h1-8,15-16H;2-4,10-11H,1H3;1H2. The molecule has 0 aromatic heterocycles. The molecule has 9 heteroatoms. The Balaban J connectivity index is 0.000000284. The van der Waals surface area contributed by atoms with Crippen LogP contribution in [-0.2, 0) is 4.79 Å². The normalized spacial score (nSPS) is 9.48. The lowest BCUT2D eigenvalue weighted by Gasteiger charge is -2.07. The van der Waals surface area contributed by atoms with Crippen LogP contribution in [0.3, 0.4) is 0 Å². The maximum atomic E-state index is 9.23. The minimum Gasteiger partial charge on any atom is -0.423 e. The molecule has 0 spiro atoms. The number of carbonyl (C=O) groups excluding carboxylic acids is 1. The fourth-order valence-electron chi connectivity index (χ4n) is 2.41. The van der Waals surface area contributed by atoms with E-state index in [1.54, 1.807) is 6.07 Å². The molecule has 0 heterocycles. The number of hydrogen-bond acceptors (Lipinski definition) is 5. The number of aryl methyl sites for hydroxylation is 1. The van der Waals surface area contributed by atoms with Gasteiger partial charge in [-0.15, -0.1) is 0 Å². The van der Waals surface area contributed by atoms with Crippen LogP contribution in [0.15, 0.2) is 66.7 Å². The van der Waals surface area contributed by atoms with Crippen molar-refractivity contribution in [3.63, 3.8) is 0 Å². The van der Waals surface area contributed by atoms with Crippen LogP contribution in [0.25, 0.3) is 11.1 Å². The molecule has 150 valence electrons. The number of halogens is 2. The summed E-state index contributed by atoms with van der Waals surface area (Å²) in [7, 11) is -2.78. The molecule has 3 rings (SSSR count). The largest absolute Gasteiger partial charge is 0.489 e. The highest BCUT2D eigenvalue weighted by Crippen LogP contribution is 2.19. The van der Waals surface area contributed by atoms with Crippen LogP contribution in [0.4, 0.5) is 0 Å². The van der Waals surface area contributed by atoms with Gasteiger partial charge in [0.05, 0.1) is 0 Å². The minimum atomic E-state index is -1.42. The van der Waals surface area contributed by atoms with Crippen LogP contribution in [0.5, 0.6) is 0 Å². The molecule has 0 aliphatic carbocycles. The number of hydrogen-bond donors (Lipinski definition) is 4. The molecule has 0 atom stereocenters. The summed E-state index contributed by atoms with van der Waals surface area (Å²) in [5.74, 6) is 0. The number of benzene rings is 3. The van der Waals surface area contributed by atoms with Crippen LogP contribution in [0, 0.1) is 14.1 Å². The van der Waals surface area contributed by atoms with E-state index in [1.807, 2.05) is 74.4 Å². The van der Waals surface area contributed by atoms with Crippen LogP contribution in [0.1, 0.15) is 5.56 Å². The second kappa shape index (κ2) is 13.1. The van der Waals surface area contributed by atoms with Gasteiger partial charge in [-0.05, 0) is 86.3 Å². The zero-order valence-corrected chi connectivity index (χ0v) is 20.0. The van der Waals surface area contributed by atoms with Crippen LogP contribution in [-0.4, -0.2) is 41.1 Å². The Labute approximate surface area is 198 Å². The van der Waals surface area contributed by atoms with E-state index < -0.39 is 14.2 Å². The molecule has 0 radical (unpaired) electrons. The lowest BCUT2D eigenvalue weighted by atomic mass is 9.79. The van der Waals surface area contributed by atoms with Crippen molar-refractivity contribution >= 4 is 77.1 Å². The highest BCUT2D eigenvalue weighted by molar-refractivity contribution is 14.1. The van der Waals surface area contributed by atoms with Gasteiger partial charge in [-0.3, -0.25) is 0 Å². The second-order valence-electron chi connectivity index (χ2n) is 5.87. The van der Waals surface area contributed by atoms with Gasteiger partial charge in [-0.2, -0.15) is 0 Å².